The highest BCUT2D eigenvalue weighted by molar-refractivity contribution is 7.09. The first-order valence-electron chi connectivity index (χ1n) is 7.90. The van der Waals surface area contributed by atoms with Crippen molar-refractivity contribution in [1.82, 2.24) is 10.2 Å². The minimum Gasteiger partial charge on any atom is -0.349 e. The van der Waals surface area contributed by atoms with Gasteiger partial charge in [0.15, 0.2) is 0 Å². The van der Waals surface area contributed by atoms with Crippen molar-refractivity contribution in [2.45, 2.75) is 31.8 Å². The lowest BCUT2D eigenvalue weighted by molar-refractivity contribution is -0.142. The molecular formula is C18H20N2O2S. The number of amides is 2. The van der Waals surface area contributed by atoms with E-state index in [1.807, 2.05) is 47.8 Å². The highest BCUT2D eigenvalue weighted by atomic mass is 32.1. The van der Waals surface area contributed by atoms with Crippen LogP contribution < -0.4 is 5.32 Å². The van der Waals surface area contributed by atoms with E-state index in [0.29, 0.717) is 19.5 Å². The fourth-order valence-corrected chi connectivity index (χ4v) is 3.54. The number of carbonyl (C=O) groups excluding carboxylic acids is 2. The van der Waals surface area contributed by atoms with Crippen molar-refractivity contribution >= 4 is 23.2 Å². The van der Waals surface area contributed by atoms with Gasteiger partial charge in [0.25, 0.3) is 0 Å². The second kappa shape index (κ2) is 7.42. The molecule has 23 heavy (non-hydrogen) atoms. The number of likely N-dealkylation sites (tertiary alicyclic amines) is 1. The van der Waals surface area contributed by atoms with Crippen molar-refractivity contribution in [1.29, 1.82) is 0 Å². The number of thiophene rings is 1. The molecule has 0 bridgehead atoms. The Morgan fingerprint density at radius 1 is 1.17 bits per heavy atom. The second-order valence-corrected chi connectivity index (χ2v) is 6.69. The van der Waals surface area contributed by atoms with Crippen LogP contribution in [0, 0.1) is 0 Å². The molecule has 0 saturated carbocycles. The molecule has 0 aliphatic carbocycles. The van der Waals surface area contributed by atoms with Crippen molar-refractivity contribution < 1.29 is 9.59 Å². The van der Waals surface area contributed by atoms with Gasteiger partial charge < -0.3 is 10.2 Å². The highest BCUT2D eigenvalue weighted by Gasteiger charge is 2.32. The molecule has 120 valence electrons. The average Bonchev–Trinajstić information content (AvgIpc) is 3.09. The fourth-order valence-electron chi connectivity index (χ4n) is 2.89. The van der Waals surface area contributed by atoms with E-state index in [1.165, 1.54) is 0 Å². The molecule has 1 aliphatic rings. The molecule has 2 aromatic rings. The molecule has 2 heterocycles. The number of hydrogen-bond donors (Lipinski definition) is 1. The molecular weight excluding hydrogens is 308 g/mol. The van der Waals surface area contributed by atoms with Gasteiger partial charge in [0, 0.05) is 17.8 Å². The zero-order valence-electron chi connectivity index (χ0n) is 12.9. The molecule has 1 aromatic carbocycles. The topological polar surface area (TPSA) is 49.4 Å². The van der Waals surface area contributed by atoms with Gasteiger partial charge in [-0.2, -0.15) is 0 Å². The maximum Gasteiger partial charge on any atom is 0.247 e. The van der Waals surface area contributed by atoms with Crippen molar-refractivity contribution in [3.8, 4) is 0 Å². The van der Waals surface area contributed by atoms with Gasteiger partial charge in [-0.05, 0) is 29.9 Å². The third-order valence-corrected chi connectivity index (χ3v) is 4.93. The van der Waals surface area contributed by atoms with Gasteiger partial charge in [0.05, 0.1) is 6.54 Å². The Kier molecular flexibility index (Phi) is 5.08. The van der Waals surface area contributed by atoms with Crippen LogP contribution in [-0.4, -0.2) is 23.3 Å². The molecule has 1 N–H and O–H groups in total. The Morgan fingerprint density at radius 3 is 2.70 bits per heavy atom. The summed E-state index contributed by atoms with van der Waals surface area (Å²) in [5, 5.41) is 4.97. The van der Waals surface area contributed by atoms with E-state index in [1.54, 1.807) is 16.2 Å². The monoisotopic (exact) mass is 328 g/mol. The van der Waals surface area contributed by atoms with E-state index >= 15 is 0 Å². The molecule has 5 heteroatoms. The van der Waals surface area contributed by atoms with E-state index in [9.17, 15) is 9.59 Å². The molecule has 0 spiro atoms. The summed E-state index contributed by atoms with van der Waals surface area (Å²) in [4.78, 5) is 27.9. The lowest BCUT2D eigenvalue weighted by atomic mass is 10.0. The van der Waals surface area contributed by atoms with Gasteiger partial charge in [0.2, 0.25) is 11.8 Å². The lowest BCUT2D eigenvalue weighted by Crippen LogP contribution is -2.45. The van der Waals surface area contributed by atoms with Crippen molar-refractivity contribution in [2.24, 2.45) is 0 Å². The minimum absolute atomic E-state index is 0.0661. The Labute approximate surface area is 140 Å². The van der Waals surface area contributed by atoms with E-state index in [0.717, 1.165) is 23.3 Å². The van der Waals surface area contributed by atoms with Crippen LogP contribution in [0.4, 0.5) is 0 Å². The smallest absolute Gasteiger partial charge is 0.247 e. The predicted octanol–water partition coefficient (Wildman–Crippen LogP) is 3.12. The Hall–Kier alpha value is -2.14. The summed E-state index contributed by atoms with van der Waals surface area (Å²) in [5.41, 5.74) is 0.867. The molecule has 3 rings (SSSR count). The van der Waals surface area contributed by atoms with Crippen LogP contribution in [0.3, 0.4) is 0 Å². The van der Waals surface area contributed by atoms with Crippen molar-refractivity contribution in [3.05, 3.63) is 58.3 Å². The third-order valence-electron chi connectivity index (χ3n) is 4.05. The first-order valence-corrected chi connectivity index (χ1v) is 8.78. The summed E-state index contributed by atoms with van der Waals surface area (Å²) in [6.07, 6.45) is 2.39. The van der Waals surface area contributed by atoms with Gasteiger partial charge in [-0.25, -0.2) is 0 Å². The average molecular weight is 328 g/mol. The summed E-state index contributed by atoms with van der Waals surface area (Å²) >= 11 is 1.61. The van der Waals surface area contributed by atoms with Crippen LogP contribution >= 0.6 is 11.3 Å². The second-order valence-electron chi connectivity index (χ2n) is 5.65. The van der Waals surface area contributed by atoms with Gasteiger partial charge in [0.1, 0.15) is 6.04 Å². The summed E-state index contributed by atoms with van der Waals surface area (Å²) in [5.74, 6) is -0.0452. The van der Waals surface area contributed by atoms with Crippen LogP contribution in [0.1, 0.15) is 35.7 Å². The maximum atomic E-state index is 12.8. The number of hydrogen-bond acceptors (Lipinski definition) is 3. The number of nitrogens with zero attached hydrogens (tertiary/aromatic N) is 1. The Balaban J connectivity index is 1.79. The normalized spacial score (nSPS) is 16.2. The zero-order chi connectivity index (χ0) is 16.1. The molecule has 1 fully saturated rings. The quantitative estimate of drug-likeness (QED) is 0.917. The lowest BCUT2D eigenvalue weighted by Gasteiger charge is -2.34. The van der Waals surface area contributed by atoms with E-state index in [4.69, 9.17) is 0 Å². The molecule has 0 unspecified atom stereocenters. The van der Waals surface area contributed by atoms with Crippen LogP contribution in [-0.2, 0) is 16.1 Å². The summed E-state index contributed by atoms with van der Waals surface area (Å²) in [6.45, 7) is 1.15. The van der Waals surface area contributed by atoms with Crippen molar-refractivity contribution in [3.63, 3.8) is 0 Å². The maximum absolute atomic E-state index is 12.8. The van der Waals surface area contributed by atoms with Crippen LogP contribution in [0.2, 0.25) is 0 Å². The van der Waals surface area contributed by atoms with Gasteiger partial charge >= 0.3 is 0 Å². The Bertz CT molecular complexity index is 655. The third kappa shape index (κ3) is 3.79. The summed E-state index contributed by atoms with van der Waals surface area (Å²) in [6, 6.07) is 13.0. The van der Waals surface area contributed by atoms with Crippen molar-refractivity contribution in [2.75, 3.05) is 6.54 Å². The largest absolute Gasteiger partial charge is 0.349 e. The van der Waals surface area contributed by atoms with Gasteiger partial charge in [-0.3, -0.25) is 9.59 Å². The molecule has 1 atom stereocenters. The fraction of sp³-hybridized carbons (Fsp3) is 0.333. The number of carbonyl (C=O) groups is 2. The SMILES string of the molecule is O=C(NCc1cccs1)[C@@H](c1ccccc1)N1CCCCC1=O. The number of rotatable bonds is 5. The first kappa shape index (κ1) is 15.7. The minimum atomic E-state index is -0.538. The summed E-state index contributed by atoms with van der Waals surface area (Å²) in [7, 11) is 0. The van der Waals surface area contributed by atoms with E-state index < -0.39 is 6.04 Å². The molecule has 0 radical (unpaired) electrons. The van der Waals surface area contributed by atoms with Gasteiger partial charge in [-0.15, -0.1) is 11.3 Å². The van der Waals surface area contributed by atoms with E-state index in [-0.39, 0.29) is 11.8 Å². The number of nitrogens with one attached hydrogen (secondary N) is 1. The summed E-state index contributed by atoms with van der Waals surface area (Å²) < 4.78 is 0. The highest BCUT2D eigenvalue weighted by Crippen LogP contribution is 2.26. The molecule has 1 aliphatic heterocycles. The first-order chi connectivity index (χ1) is 11.3. The molecule has 2 amide bonds. The molecule has 1 saturated heterocycles. The van der Waals surface area contributed by atoms with Crippen LogP contribution in [0.5, 0.6) is 0 Å². The number of piperidine rings is 1. The predicted molar refractivity (Wildman–Crippen MR) is 90.9 cm³/mol. The number of benzene rings is 1. The van der Waals surface area contributed by atoms with Gasteiger partial charge in [-0.1, -0.05) is 36.4 Å². The molecule has 1 aromatic heterocycles. The van der Waals surface area contributed by atoms with Crippen LogP contribution in [0.15, 0.2) is 47.8 Å². The zero-order valence-corrected chi connectivity index (χ0v) is 13.7. The standard InChI is InChI=1S/C18H20N2O2S/c21-16-10-4-5-11-20(16)17(14-7-2-1-3-8-14)18(22)19-13-15-9-6-12-23-15/h1-3,6-9,12,17H,4-5,10-11,13H2,(H,19,22)/t17-/m1/s1. The van der Waals surface area contributed by atoms with Crippen LogP contribution in [0.25, 0.3) is 0 Å². The Morgan fingerprint density at radius 2 is 2.00 bits per heavy atom. The van der Waals surface area contributed by atoms with E-state index in [2.05, 4.69) is 5.32 Å². The molecule has 4 nitrogen and oxygen atoms in total.